The Labute approximate surface area is 121 Å². The number of hydrogen-bond donors (Lipinski definition) is 3. The lowest BCUT2D eigenvalue weighted by atomic mass is 10.1. The standard InChI is InChI=1S/C14H16N2O5/c1-9(17)15-8-13(18)16-11-7-10(4-6-14(19)20)3-5-12(11)21-2/h3-7H,8H2,1-2H3,(H,15,17)(H,16,18)(H,19,20). The monoisotopic (exact) mass is 292 g/mol. The van der Waals surface area contributed by atoms with Gasteiger partial charge >= 0.3 is 5.97 Å². The van der Waals surface area contributed by atoms with Gasteiger partial charge in [0.25, 0.3) is 0 Å². The number of aliphatic carboxylic acids is 1. The summed E-state index contributed by atoms with van der Waals surface area (Å²) < 4.78 is 5.11. The first-order valence-electron chi connectivity index (χ1n) is 6.05. The van der Waals surface area contributed by atoms with Gasteiger partial charge in [-0.1, -0.05) is 6.07 Å². The first kappa shape index (κ1) is 16.2. The van der Waals surface area contributed by atoms with Gasteiger partial charge < -0.3 is 20.5 Å². The van der Waals surface area contributed by atoms with Gasteiger partial charge in [-0.25, -0.2) is 4.79 Å². The zero-order valence-electron chi connectivity index (χ0n) is 11.7. The topological polar surface area (TPSA) is 105 Å². The Balaban J connectivity index is 2.87. The van der Waals surface area contributed by atoms with Crippen LogP contribution in [-0.2, 0) is 14.4 Å². The minimum atomic E-state index is -1.07. The Hall–Kier alpha value is -2.83. The van der Waals surface area contributed by atoms with E-state index in [9.17, 15) is 14.4 Å². The molecule has 112 valence electrons. The molecule has 0 aliphatic rings. The summed E-state index contributed by atoms with van der Waals surface area (Å²) in [7, 11) is 1.45. The molecule has 0 unspecified atom stereocenters. The molecule has 7 nitrogen and oxygen atoms in total. The first-order chi connectivity index (χ1) is 9.92. The molecule has 0 aromatic heterocycles. The van der Waals surface area contributed by atoms with E-state index in [2.05, 4.69) is 10.6 Å². The number of carbonyl (C=O) groups excluding carboxylic acids is 2. The van der Waals surface area contributed by atoms with Crippen LogP contribution in [0.25, 0.3) is 6.08 Å². The predicted molar refractivity (Wildman–Crippen MR) is 77.0 cm³/mol. The van der Waals surface area contributed by atoms with Gasteiger partial charge in [0.15, 0.2) is 0 Å². The van der Waals surface area contributed by atoms with E-state index < -0.39 is 11.9 Å². The van der Waals surface area contributed by atoms with Gasteiger partial charge in [0.05, 0.1) is 19.3 Å². The van der Waals surface area contributed by atoms with Gasteiger partial charge in [0.1, 0.15) is 5.75 Å². The maximum atomic E-state index is 11.7. The van der Waals surface area contributed by atoms with Crippen LogP contribution in [0.15, 0.2) is 24.3 Å². The summed E-state index contributed by atoms with van der Waals surface area (Å²) in [6.07, 6.45) is 2.38. The van der Waals surface area contributed by atoms with Crippen molar-refractivity contribution in [1.29, 1.82) is 0 Å². The summed E-state index contributed by atoms with van der Waals surface area (Å²) in [6, 6.07) is 4.83. The van der Waals surface area contributed by atoms with Gasteiger partial charge in [0.2, 0.25) is 11.8 Å². The largest absolute Gasteiger partial charge is 0.495 e. The fourth-order valence-corrected chi connectivity index (χ4v) is 1.49. The van der Waals surface area contributed by atoms with Crippen LogP contribution in [0.3, 0.4) is 0 Å². The Morgan fingerprint density at radius 1 is 1.33 bits per heavy atom. The number of carbonyl (C=O) groups is 3. The third-order valence-electron chi connectivity index (χ3n) is 2.41. The number of benzene rings is 1. The van der Waals surface area contributed by atoms with E-state index in [-0.39, 0.29) is 12.5 Å². The van der Waals surface area contributed by atoms with Crippen LogP contribution in [0, 0.1) is 0 Å². The minimum Gasteiger partial charge on any atom is -0.495 e. The zero-order valence-corrected chi connectivity index (χ0v) is 11.7. The molecular formula is C14H16N2O5. The fraction of sp³-hybridized carbons (Fsp3) is 0.214. The molecule has 2 amide bonds. The Morgan fingerprint density at radius 2 is 2.05 bits per heavy atom. The maximum absolute atomic E-state index is 11.7. The summed E-state index contributed by atoms with van der Waals surface area (Å²) in [6.45, 7) is 1.15. The van der Waals surface area contributed by atoms with Crippen molar-refractivity contribution in [2.45, 2.75) is 6.92 Å². The van der Waals surface area contributed by atoms with Crippen molar-refractivity contribution in [3.63, 3.8) is 0 Å². The molecule has 0 aliphatic carbocycles. The molecule has 0 radical (unpaired) electrons. The van der Waals surface area contributed by atoms with E-state index in [0.29, 0.717) is 17.0 Å². The molecule has 0 saturated carbocycles. The molecule has 0 fully saturated rings. The van der Waals surface area contributed by atoms with E-state index in [1.165, 1.54) is 20.1 Å². The van der Waals surface area contributed by atoms with E-state index in [0.717, 1.165) is 6.08 Å². The second kappa shape index (κ2) is 7.68. The molecule has 1 aromatic carbocycles. The number of carboxylic acids is 1. The summed E-state index contributed by atoms with van der Waals surface area (Å²) in [4.78, 5) is 32.9. The van der Waals surface area contributed by atoms with Crippen LogP contribution in [0.1, 0.15) is 12.5 Å². The summed E-state index contributed by atoms with van der Waals surface area (Å²) in [5.74, 6) is -1.36. The van der Waals surface area contributed by atoms with E-state index in [1.54, 1.807) is 18.2 Å². The number of nitrogens with one attached hydrogen (secondary N) is 2. The normalized spacial score (nSPS) is 10.2. The second-order valence-corrected chi connectivity index (χ2v) is 4.09. The number of carboxylic acid groups (broad SMARTS) is 1. The number of hydrogen-bond acceptors (Lipinski definition) is 4. The van der Waals surface area contributed by atoms with E-state index in [1.807, 2.05) is 0 Å². The average Bonchev–Trinajstić information content (AvgIpc) is 2.43. The molecule has 1 rings (SSSR count). The minimum absolute atomic E-state index is 0.159. The predicted octanol–water partition coefficient (Wildman–Crippen LogP) is 0.868. The van der Waals surface area contributed by atoms with Crippen molar-refractivity contribution in [3.8, 4) is 5.75 Å². The number of rotatable bonds is 6. The third-order valence-corrected chi connectivity index (χ3v) is 2.41. The highest BCUT2D eigenvalue weighted by Crippen LogP contribution is 2.25. The second-order valence-electron chi connectivity index (χ2n) is 4.09. The molecule has 0 atom stereocenters. The van der Waals surface area contributed by atoms with Crippen molar-refractivity contribution in [3.05, 3.63) is 29.8 Å². The van der Waals surface area contributed by atoms with Crippen LogP contribution in [0.2, 0.25) is 0 Å². The molecule has 0 spiro atoms. The van der Waals surface area contributed by atoms with Crippen molar-refractivity contribution in [2.75, 3.05) is 19.0 Å². The molecule has 21 heavy (non-hydrogen) atoms. The lowest BCUT2D eigenvalue weighted by Crippen LogP contribution is -2.31. The Kier molecular flexibility index (Phi) is 5.94. The van der Waals surface area contributed by atoms with Gasteiger partial charge in [-0.15, -0.1) is 0 Å². The zero-order chi connectivity index (χ0) is 15.8. The molecule has 7 heteroatoms. The van der Waals surface area contributed by atoms with Crippen LogP contribution in [0.5, 0.6) is 5.75 Å². The van der Waals surface area contributed by atoms with Crippen molar-refractivity contribution in [2.24, 2.45) is 0 Å². The molecule has 0 saturated heterocycles. The Morgan fingerprint density at radius 3 is 2.62 bits per heavy atom. The van der Waals surface area contributed by atoms with Crippen molar-refractivity contribution < 1.29 is 24.2 Å². The highest BCUT2D eigenvalue weighted by molar-refractivity contribution is 5.96. The quantitative estimate of drug-likeness (QED) is 0.675. The molecule has 0 aliphatic heterocycles. The van der Waals surface area contributed by atoms with Crippen molar-refractivity contribution in [1.82, 2.24) is 5.32 Å². The van der Waals surface area contributed by atoms with Crippen LogP contribution in [-0.4, -0.2) is 36.5 Å². The number of methoxy groups -OCH3 is 1. The smallest absolute Gasteiger partial charge is 0.328 e. The maximum Gasteiger partial charge on any atom is 0.328 e. The molecule has 0 heterocycles. The highest BCUT2D eigenvalue weighted by Gasteiger charge is 2.08. The lowest BCUT2D eigenvalue weighted by Gasteiger charge is -2.11. The van der Waals surface area contributed by atoms with Gasteiger partial charge in [-0.3, -0.25) is 9.59 Å². The summed E-state index contributed by atoms with van der Waals surface area (Å²) >= 11 is 0. The Bertz CT molecular complexity index is 581. The van der Waals surface area contributed by atoms with Crippen LogP contribution < -0.4 is 15.4 Å². The van der Waals surface area contributed by atoms with E-state index in [4.69, 9.17) is 9.84 Å². The van der Waals surface area contributed by atoms with Crippen LogP contribution >= 0.6 is 0 Å². The third kappa shape index (κ3) is 5.77. The van der Waals surface area contributed by atoms with E-state index >= 15 is 0 Å². The molecule has 1 aromatic rings. The van der Waals surface area contributed by atoms with Gasteiger partial charge in [0, 0.05) is 13.0 Å². The van der Waals surface area contributed by atoms with Gasteiger partial charge in [-0.05, 0) is 23.8 Å². The van der Waals surface area contributed by atoms with Crippen molar-refractivity contribution >= 4 is 29.5 Å². The molecular weight excluding hydrogens is 276 g/mol. The van der Waals surface area contributed by atoms with Crippen LogP contribution in [0.4, 0.5) is 5.69 Å². The fourth-order valence-electron chi connectivity index (χ4n) is 1.49. The molecule has 3 N–H and O–H groups in total. The average molecular weight is 292 g/mol. The lowest BCUT2D eigenvalue weighted by molar-refractivity contribution is -0.131. The summed E-state index contributed by atoms with van der Waals surface area (Å²) in [5, 5.41) is 13.5. The SMILES string of the molecule is COc1ccc(C=CC(=O)O)cc1NC(=O)CNC(C)=O. The summed E-state index contributed by atoms with van der Waals surface area (Å²) in [5.41, 5.74) is 0.980. The first-order valence-corrected chi connectivity index (χ1v) is 6.05. The highest BCUT2D eigenvalue weighted by atomic mass is 16.5. The van der Waals surface area contributed by atoms with Gasteiger partial charge in [-0.2, -0.15) is 0 Å². The molecule has 0 bridgehead atoms. The number of amides is 2. The number of ether oxygens (including phenoxy) is 1. The number of anilines is 1.